The number of primary amides is 1. The van der Waals surface area contributed by atoms with Crippen molar-refractivity contribution >= 4 is 11.8 Å². The smallest absolute Gasteiger partial charge is 0.276 e. The number of nitrogens with two attached hydrogens (primary N) is 1. The molecule has 1 atom stereocenters. The number of ether oxygens (including phenoxy) is 1. The molecule has 2 N–H and O–H groups in total. The van der Waals surface area contributed by atoms with Crippen molar-refractivity contribution in [1.29, 1.82) is 0 Å². The summed E-state index contributed by atoms with van der Waals surface area (Å²) in [6.07, 6.45) is 1.92. The topological polar surface area (TPSA) is 98.7 Å². The van der Waals surface area contributed by atoms with Crippen molar-refractivity contribution in [2.24, 2.45) is 11.1 Å². The maximum absolute atomic E-state index is 12.4. The minimum absolute atomic E-state index is 0.227. The Morgan fingerprint density at radius 3 is 2.90 bits per heavy atom. The summed E-state index contributed by atoms with van der Waals surface area (Å²) in [6, 6.07) is 1.60. The summed E-state index contributed by atoms with van der Waals surface area (Å²) in [6.45, 7) is 3.06. The number of hydrogen-bond acceptors (Lipinski definition) is 5. The zero-order chi connectivity index (χ0) is 15.5. The van der Waals surface area contributed by atoms with Gasteiger partial charge in [-0.2, -0.15) is 0 Å². The normalized spacial score (nSPS) is 22.3. The lowest BCUT2D eigenvalue weighted by Crippen LogP contribution is -2.52. The van der Waals surface area contributed by atoms with Crippen molar-refractivity contribution in [3.05, 3.63) is 17.5 Å². The number of amides is 2. The van der Waals surface area contributed by atoms with E-state index in [1.54, 1.807) is 25.0 Å². The molecular weight excluding hydrogens is 274 g/mol. The van der Waals surface area contributed by atoms with E-state index in [1.807, 2.05) is 0 Å². The second kappa shape index (κ2) is 6.26. The lowest BCUT2D eigenvalue weighted by atomic mass is 9.76. The first kappa shape index (κ1) is 15.5. The third-order valence-corrected chi connectivity index (χ3v) is 4.02. The van der Waals surface area contributed by atoms with E-state index < -0.39 is 5.41 Å². The zero-order valence-electron chi connectivity index (χ0n) is 12.4. The fourth-order valence-electron chi connectivity index (χ4n) is 2.76. The fraction of sp³-hybridized carbons (Fsp3) is 0.643. The van der Waals surface area contributed by atoms with E-state index in [0.717, 1.165) is 6.42 Å². The molecule has 1 saturated heterocycles. The standard InChI is InChI=1S/C14H21N3O4/c1-10-8-11(16-21-10)12(18)17-6-3-4-14(9-17,13(15)19)5-7-20-2/h8H,3-7,9H2,1-2H3,(H2,15,19). The second-order valence-corrected chi connectivity index (χ2v) is 5.54. The van der Waals surface area contributed by atoms with Crippen molar-refractivity contribution in [3.63, 3.8) is 0 Å². The quantitative estimate of drug-likeness (QED) is 0.863. The van der Waals surface area contributed by atoms with E-state index in [2.05, 4.69) is 5.16 Å². The third-order valence-electron chi connectivity index (χ3n) is 4.02. The first-order chi connectivity index (χ1) is 9.98. The summed E-state index contributed by atoms with van der Waals surface area (Å²) in [5.74, 6) is -0.0288. The van der Waals surface area contributed by atoms with Crippen LogP contribution in [0.15, 0.2) is 10.6 Å². The molecule has 0 radical (unpaired) electrons. The van der Waals surface area contributed by atoms with Crippen LogP contribution in [-0.4, -0.2) is 48.7 Å². The van der Waals surface area contributed by atoms with Gasteiger partial charge in [-0.05, 0) is 26.2 Å². The zero-order valence-corrected chi connectivity index (χ0v) is 12.4. The van der Waals surface area contributed by atoms with E-state index >= 15 is 0 Å². The molecule has 2 amide bonds. The summed E-state index contributed by atoms with van der Waals surface area (Å²) in [7, 11) is 1.58. The molecule has 2 heterocycles. The van der Waals surface area contributed by atoms with Gasteiger partial charge in [0, 0.05) is 32.9 Å². The van der Waals surface area contributed by atoms with E-state index in [4.69, 9.17) is 15.0 Å². The third kappa shape index (κ3) is 3.24. The van der Waals surface area contributed by atoms with Crippen molar-refractivity contribution in [2.75, 3.05) is 26.8 Å². The van der Waals surface area contributed by atoms with Gasteiger partial charge in [0.05, 0.1) is 5.41 Å². The molecule has 1 unspecified atom stereocenters. The lowest BCUT2D eigenvalue weighted by molar-refractivity contribution is -0.131. The summed E-state index contributed by atoms with van der Waals surface area (Å²) in [4.78, 5) is 25.9. The van der Waals surface area contributed by atoms with Gasteiger partial charge in [-0.1, -0.05) is 5.16 Å². The predicted octanol–water partition coefficient (Wildman–Crippen LogP) is 0.727. The monoisotopic (exact) mass is 295 g/mol. The van der Waals surface area contributed by atoms with Gasteiger partial charge in [0.25, 0.3) is 5.91 Å². The van der Waals surface area contributed by atoms with Crippen LogP contribution in [0.25, 0.3) is 0 Å². The van der Waals surface area contributed by atoms with Gasteiger partial charge in [-0.25, -0.2) is 0 Å². The van der Waals surface area contributed by atoms with Crippen LogP contribution in [0.2, 0.25) is 0 Å². The summed E-state index contributed by atoms with van der Waals surface area (Å²) in [5.41, 5.74) is 5.13. The Hall–Kier alpha value is -1.89. The molecule has 1 aliphatic heterocycles. The number of piperidine rings is 1. The highest BCUT2D eigenvalue weighted by atomic mass is 16.5. The van der Waals surface area contributed by atoms with Crippen LogP contribution in [-0.2, 0) is 9.53 Å². The lowest BCUT2D eigenvalue weighted by Gasteiger charge is -2.40. The Kier molecular flexibility index (Phi) is 4.62. The molecule has 21 heavy (non-hydrogen) atoms. The first-order valence-corrected chi connectivity index (χ1v) is 7.00. The fourth-order valence-corrected chi connectivity index (χ4v) is 2.76. The molecule has 1 aliphatic rings. The number of nitrogens with zero attached hydrogens (tertiary/aromatic N) is 2. The molecule has 7 heteroatoms. The molecule has 0 saturated carbocycles. The maximum atomic E-state index is 12.4. The molecular formula is C14H21N3O4. The van der Waals surface area contributed by atoms with Crippen LogP contribution in [0.1, 0.15) is 35.5 Å². The Bertz CT molecular complexity index is 528. The predicted molar refractivity (Wildman–Crippen MR) is 74.5 cm³/mol. The molecule has 1 aromatic heterocycles. The molecule has 0 aromatic carbocycles. The highest BCUT2D eigenvalue weighted by Gasteiger charge is 2.42. The van der Waals surface area contributed by atoms with E-state index in [1.165, 1.54) is 0 Å². The Morgan fingerprint density at radius 2 is 2.33 bits per heavy atom. The molecule has 0 bridgehead atoms. The Morgan fingerprint density at radius 1 is 1.57 bits per heavy atom. The molecule has 0 spiro atoms. The average Bonchev–Trinajstić information content (AvgIpc) is 2.91. The number of hydrogen-bond donors (Lipinski definition) is 1. The van der Waals surface area contributed by atoms with Gasteiger partial charge < -0.3 is 19.9 Å². The van der Waals surface area contributed by atoms with Crippen LogP contribution in [0.3, 0.4) is 0 Å². The summed E-state index contributed by atoms with van der Waals surface area (Å²) >= 11 is 0. The van der Waals surface area contributed by atoms with E-state index in [9.17, 15) is 9.59 Å². The Balaban J connectivity index is 2.14. The van der Waals surface area contributed by atoms with Gasteiger partial charge >= 0.3 is 0 Å². The number of rotatable bonds is 5. The average molecular weight is 295 g/mol. The SMILES string of the molecule is COCCC1(C(N)=O)CCCN(C(=O)c2cc(C)on2)C1. The maximum Gasteiger partial charge on any atom is 0.276 e. The molecule has 1 aromatic rings. The van der Waals surface area contributed by atoms with Gasteiger partial charge in [-0.3, -0.25) is 9.59 Å². The molecule has 1 fully saturated rings. The molecule has 116 valence electrons. The van der Waals surface area contributed by atoms with Crippen molar-refractivity contribution in [1.82, 2.24) is 10.1 Å². The van der Waals surface area contributed by atoms with E-state index in [0.29, 0.717) is 38.3 Å². The molecule has 2 rings (SSSR count). The first-order valence-electron chi connectivity index (χ1n) is 7.00. The highest BCUT2D eigenvalue weighted by molar-refractivity contribution is 5.93. The largest absolute Gasteiger partial charge is 0.385 e. The number of aryl methyl sites for hydroxylation is 1. The highest BCUT2D eigenvalue weighted by Crippen LogP contribution is 2.34. The van der Waals surface area contributed by atoms with E-state index in [-0.39, 0.29) is 17.5 Å². The summed E-state index contributed by atoms with van der Waals surface area (Å²) in [5, 5.41) is 3.74. The van der Waals surface area contributed by atoms with Crippen LogP contribution in [0, 0.1) is 12.3 Å². The van der Waals surface area contributed by atoms with Crippen molar-refractivity contribution < 1.29 is 18.8 Å². The van der Waals surface area contributed by atoms with Crippen LogP contribution >= 0.6 is 0 Å². The van der Waals surface area contributed by atoms with Gasteiger partial charge in [0.15, 0.2) is 5.69 Å². The van der Waals surface area contributed by atoms with Crippen molar-refractivity contribution in [2.45, 2.75) is 26.2 Å². The summed E-state index contributed by atoms with van der Waals surface area (Å²) < 4.78 is 10.00. The van der Waals surface area contributed by atoms with Crippen molar-refractivity contribution in [3.8, 4) is 0 Å². The minimum atomic E-state index is -0.720. The molecule has 0 aliphatic carbocycles. The van der Waals surface area contributed by atoms with Gasteiger partial charge in [0.1, 0.15) is 5.76 Å². The second-order valence-electron chi connectivity index (χ2n) is 5.54. The minimum Gasteiger partial charge on any atom is -0.385 e. The van der Waals surface area contributed by atoms with Gasteiger partial charge in [0.2, 0.25) is 5.91 Å². The van der Waals surface area contributed by atoms with Crippen LogP contribution in [0.5, 0.6) is 0 Å². The number of carbonyl (C=O) groups excluding carboxylic acids is 2. The Labute approximate surface area is 123 Å². The number of carbonyl (C=O) groups is 2. The number of methoxy groups -OCH3 is 1. The van der Waals surface area contributed by atoms with Crippen LogP contribution < -0.4 is 5.73 Å². The molecule has 7 nitrogen and oxygen atoms in total. The van der Waals surface area contributed by atoms with Crippen LogP contribution in [0.4, 0.5) is 0 Å². The number of aromatic nitrogens is 1. The number of likely N-dealkylation sites (tertiary alicyclic amines) is 1. The van der Waals surface area contributed by atoms with Gasteiger partial charge in [-0.15, -0.1) is 0 Å².